The Labute approximate surface area is 117 Å². The van der Waals surface area contributed by atoms with Crippen LogP contribution in [0.2, 0.25) is 0 Å². The molecule has 0 heterocycles. The monoisotopic (exact) mass is 642 g/mol. The minimum Gasteiger partial charge on any atom is -0.107 e. The van der Waals surface area contributed by atoms with Crippen LogP contribution >= 0.6 is 95.9 Å². The van der Waals surface area contributed by atoms with Crippen LogP contribution in [0.4, 0.5) is 0 Å². The predicted octanol–water partition coefficient (Wildman–Crippen LogP) is 2.09. The average Bonchev–Trinajstić information content (AvgIpc) is 0. The van der Waals surface area contributed by atoms with Crippen molar-refractivity contribution < 1.29 is 0 Å². The first-order valence-corrected chi connectivity index (χ1v) is 0. The standard InChI is InChI=1S/4HI.Te/h4*1H;/q;;;;+2. The van der Waals surface area contributed by atoms with Crippen LogP contribution in [0.15, 0.2) is 0 Å². The third-order valence-electron chi connectivity index (χ3n) is 0. The summed E-state index contributed by atoms with van der Waals surface area (Å²) in [4.78, 5) is 0. The average molecular weight is 639 g/mol. The van der Waals surface area contributed by atoms with Gasteiger partial charge in [0.2, 0.25) is 0 Å². The summed E-state index contributed by atoms with van der Waals surface area (Å²) in [6.45, 7) is 0. The van der Waals surface area contributed by atoms with Gasteiger partial charge in [-0.1, -0.05) is 0 Å². The molecule has 0 aromatic heterocycles. The van der Waals surface area contributed by atoms with Gasteiger partial charge in [-0.05, 0) is 0 Å². The van der Waals surface area contributed by atoms with Gasteiger partial charge in [0.15, 0.2) is 0 Å². The van der Waals surface area contributed by atoms with E-state index in [9.17, 15) is 0 Å². The van der Waals surface area contributed by atoms with Crippen LogP contribution in [0.5, 0.6) is 0 Å². The Kier molecular flexibility index (Phi) is 190. The van der Waals surface area contributed by atoms with Crippen molar-refractivity contribution in [2.24, 2.45) is 0 Å². The second-order valence-electron chi connectivity index (χ2n) is 0. The molecule has 0 aliphatic heterocycles. The smallest absolute Gasteiger partial charge is 0.107 e. The fourth-order valence-electron chi connectivity index (χ4n) is 0. The molecule has 0 aliphatic rings. The van der Waals surface area contributed by atoms with Crippen LogP contribution in [0.25, 0.3) is 0 Å². The van der Waals surface area contributed by atoms with Crippen molar-refractivity contribution in [3.8, 4) is 0 Å². The van der Waals surface area contributed by atoms with Crippen LogP contribution in [0.3, 0.4) is 0 Å². The molecule has 0 amide bonds. The zero-order valence-electron chi connectivity index (χ0n) is 2.04. The third kappa shape index (κ3) is 18.3. The Morgan fingerprint density at radius 3 is 0.400 bits per heavy atom. The van der Waals surface area contributed by atoms with Crippen molar-refractivity contribution in [1.29, 1.82) is 0 Å². The van der Waals surface area contributed by atoms with Crippen molar-refractivity contribution in [2.45, 2.75) is 0 Å². The van der Waals surface area contributed by atoms with E-state index in [2.05, 4.69) is 0 Å². The van der Waals surface area contributed by atoms with Gasteiger partial charge in [0.05, 0.1) is 0 Å². The minimum atomic E-state index is 0. The van der Waals surface area contributed by atoms with E-state index < -0.39 is 0 Å². The van der Waals surface area contributed by atoms with E-state index in [1.807, 2.05) is 0 Å². The second-order valence-corrected chi connectivity index (χ2v) is 0. The van der Waals surface area contributed by atoms with Gasteiger partial charge in [0, 0.05) is 0 Å². The van der Waals surface area contributed by atoms with E-state index in [0.717, 1.165) is 0 Å². The molecule has 0 atom stereocenters. The van der Waals surface area contributed by atoms with E-state index >= 15 is 0 Å². The summed E-state index contributed by atoms with van der Waals surface area (Å²) in [7, 11) is 0. The summed E-state index contributed by atoms with van der Waals surface area (Å²) in [6, 6.07) is 0. The van der Waals surface area contributed by atoms with Gasteiger partial charge in [-0.25, -0.2) is 0 Å². The van der Waals surface area contributed by atoms with Crippen LogP contribution in [0, 0.1) is 0 Å². The quantitative estimate of drug-likeness (QED) is 0.282. The molecule has 0 saturated heterocycles. The van der Waals surface area contributed by atoms with Gasteiger partial charge in [-0.2, -0.15) is 0 Å². The van der Waals surface area contributed by atoms with E-state index in [1.54, 1.807) is 0 Å². The summed E-state index contributed by atoms with van der Waals surface area (Å²) in [6.07, 6.45) is 0. The molecule has 0 bridgehead atoms. The molecule has 36 valence electrons. The first kappa shape index (κ1) is 37.6. The van der Waals surface area contributed by atoms with Crippen LogP contribution in [-0.4, -0.2) is 23.7 Å². The molecular formula is H4I4Te+2. The Bertz CT molecular complexity index is 3.61. The Morgan fingerprint density at radius 1 is 0.400 bits per heavy atom. The van der Waals surface area contributed by atoms with Gasteiger partial charge in [-0.3, -0.25) is 0 Å². The largest absolute Gasteiger partial charge is 2.00 e. The Balaban J connectivity index is 0. The maximum absolute atomic E-state index is 0. The molecule has 0 aromatic carbocycles. The molecule has 0 unspecified atom stereocenters. The van der Waals surface area contributed by atoms with Crippen molar-refractivity contribution >= 4 is 120 Å². The first-order chi connectivity index (χ1) is 0. The Hall–Kier alpha value is 3.71. The van der Waals surface area contributed by atoms with E-state index in [0.29, 0.717) is 0 Å². The van der Waals surface area contributed by atoms with Crippen LogP contribution in [0.1, 0.15) is 0 Å². The molecule has 0 aliphatic carbocycles. The normalized spacial score (nSPS) is 0. The fourth-order valence-corrected chi connectivity index (χ4v) is 0. The molecule has 0 spiro atoms. The molecule has 0 rings (SSSR count). The summed E-state index contributed by atoms with van der Waals surface area (Å²) in [5.74, 6) is 0. The molecule has 0 nitrogen and oxygen atoms in total. The molecule has 0 N–H and O–H groups in total. The Morgan fingerprint density at radius 2 is 0.400 bits per heavy atom. The summed E-state index contributed by atoms with van der Waals surface area (Å²) in [5, 5.41) is 0. The maximum Gasteiger partial charge on any atom is 2.00 e. The number of rotatable bonds is 0. The number of hydrogen-bond donors (Lipinski definition) is 0. The third-order valence-corrected chi connectivity index (χ3v) is 0. The summed E-state index contributed by atoms with van der Waals surface area (Å²) >= 11 is 0. The number of hydrogen-bond acceptors (Lipinski definition) is 0. The first-order valence-electron chi connectivity index (χ1n) is 0. The van der Waals surface area contributed by atoms with Crippen LogP contribution in [-0.2, 0) is 0 Å². The van der Waals surface area contributed by atoms with Crippen LogP contribution < -0.4 is 0 Å². The van der Waals surface area contributed by atoms with Crippen molar-refractivity contribution in [3.05, 3.63) is 0 Å². The summed E-state index contributed by atoms with van der Waals surface area (Å²) < 4.78 is 0. The van der Waals surface area contributed by atoms with E-state index in [-0.39, 0.29) is 120 Å². The SMILES string of the molecule is I.I.I.I.[Te+2]. The molecular weight excluding hydrogens is 635 g/mol. The zero-order valence-corrected chi connectivity index (χ0v) is 13.7. The van der Waals surface area contributed by atoms with E-state index in [1.165, 1.54) is 0 Å². The van der Waals surface area contributed by atoms with Gasteiger partial charge in [0.1, 0.15) is 0 Å². The fraction of sp³-hybridized carbons (Fsp3) is 0. The van der Waals surface area contributed by atoms with Crippen molar-refractivity contribution in [1.82, 2.24) is 0 Å². The molecule has 4 radical (unpaired) electrons. The molecule has 5 heavy (non-hydrogen) atoms. The number of halogens is 4. The molecule has 0 fully saturated rings. The van der Waals surface area contributed by atoms with Gasteiger partial charge in [-0.15, -0.1) is 95.9 Å². The van der Waals surface area contributed by atoms with Gasteiger partial charge >= 0.3 is 23.7 Å². The summed E-state index contributed by atoms with van der Waals surface area (Å²) in [5.41, 5.74) is 0. The predicted molar refractivity (Wildman–Crippen MR) is 67.4 cm³/mol. The molecule has 5 heteroatoms. The van der Waals surface area contributed by atoms with Crippen molar-refractivity contribution in [2.75, 3.05) is 0 Å². The van der Waals surface area contributed by atoms with Gasteiger partial charge < -0.3 is 0 Å². The topological polar surface area (TPSA) is 0 Å². The van der Waals surface area contributed by atoms with E-state index in [4.69, 9.17) is 0 Å². The maximum atomic E-state index is 0. The van der Waals surface area contributed by atoms with Gasteiger partial charge in [0.25, 0.3) is 0 Å². The molecule has 0 saturated carbocycles. The molecule has 0 aromatic rings. The second kappa shape index (κ2) is 25.2. The minimum absolute atomic E-state index is 0. The van der Waals surface area contributed by atoms with Crippen molar-refractivity contribution in [3.63, 3.8) is 0 Å². The zero-order chi connectivity index (χ0) is 0.